The molecule has 1 aliphatic rings. The van der Waals surface area contributed by atoms with Crippen molar-refractivity contribution in [3.63, 3.8) is 0 Å². The molecule has 4 rings (SSSR count). The Kier molecular flexibility index (Phi) is 3.94. The van der Waals surface area contributed by atoms with E-state index in [9.17, 15) is 4.79 Å². The number of benzene rings is 2. The summed E-state index contributed by atoms with van der Waals surface area (Å²) < 4.78 is 0. The van der Waals surface area contributed by atoms with Crippen LogP contribution in [0.4, 0.5) is 17.1 Å². The van der Waals surface area contributed by atoms with E-state index in [1.165, 1.54) is 11.3 Å². The first kappa shape index (κ1) is 15.4. The van der Waals surface area contributed by atoms with Gasteiger partial charge in [-0.3, -0.25) is 9.78 Å². The Balaban J connectivity index is 1.57. The molecule has 1 amide bonds. The number of aromatic nitrogens is 1. The van der Waals surface area contributed by atoms with Gasteiger partial charge in [-0.15, -0.1) is 0 Å². The summed E-state index contributed by atoms with van der Waals surface area (Å²) in [5, 5.41) is 2.92. The standard InChI is InChI=1S/C21H19N3O/c1-15-6-8-18(9-7-15)23-21(25)17-12-19(14-22-13-17)24-11-10-16-4-2-3-5-20(16)24/h2-9,12-14H,10-11H2,1H3,(H,23,25). The maximum atomic E-state index is 12.5. The highest BCUT2D eigenvalue weighted by Crippen LogP contribution is 2.34. The third-order valence-electron chi connectivity index (χ3n) is 4.49. The topological polar surface area (TPSA) is 45.2 Å². The Morgan fingerprint density at radius 3 is 2.72 bits per heavy atom. The fourth-order valence-corrected chi connectivity index (χ4v) is 3.15. The number of hydrogen-bond donors (Lipinski definition) is 1. The van der Waals surface area contributed by atoms with Crippen molar-refractivity contribution < 1.29 is 4.79 Å². The predicted octanol–water partition coefficient (Wildman–Crippen LogP) is 4.34. The van der Waals surface area contributed by atoms with Gasteiger partial charge in [-0.2, -0.15) is 0 Å². The highest BCUT2D eigenvalue weighted by atomic mass is 16.1. The van der Waals surface area contributed by atoms with Crippen LogP contribution in [0.25, 0.3) is 0 Å². The van der Waals surface area contributed by atoms with Crippen molar-refractivity contribution in [1.29, 1.82) is 0 Å². The van der Waals surface area contributed by atoms with Crippen molar-refractivity contribution >= 4 is 23.0 Å². The smallest absolute Gasteiger partial charge is 0.257 e. The van der Waals surface area contributed by atoms with Crippen LogP contribution < -0.4 is 10.2 Å². The van der Waals surface area contributed by atoms with Crippen LogP contribution in [0.2, 0.25) is 0 Å². The number of fused-ring (bicyclic) bond motifs is 1. The molecule has 3 aromatic rings. The van der Waals surface area contributed by atoms with Gasteiger partial charge in [0.05, 0.1) is 17.4 Å². The van der Waals surface area contributed by atoms with E-state index in [2.05, 4.69) is 33.4 Å². The molecule has 0 atom stereocenters. The van der Waals surface area contributed by atoms with E-state index in [1.54, 1.807) is 6.20 Å². The van der Waals surface area contributed by atoms with Crippen LogP contribution in [0.15, 0.2) is 67.0 Å². The minimum absolute atomic E-state index is 0.148. The summed E-state index contributed by atoms with van der Waals surface area (Å²) in [4.78, 5) is 19.0. The summed E-state index contributed by atoms with van der Waals surface area (Å²) in [5.74, 6) is -0.148. The number of carbonyl (C=O) groups excluding carboxylic acids is 1. The number of amides is 1. The van der Waals surface area contributed by atoms with Crippen LogP contribution in [-0.4, -0.2) is 17.4 Å². The average molecular weight is 329 g/mol. The molecule has 0 saturated carbocycles. The highest BCUT2D eigenvalue weighted by Gasteiger charge is 2.20. The Morgan fingerprint density at radius 2 is 1.88 bits per heavy atom. The van der Waals surface area contributed by atoms with Gasteiger partial charge in [0.1, 0.15) is 0 Å². The van der Waals surface area contributed by atoms with Crippen molar-refractivity contribution in [3.05, 3.63) is 83.7 Å². The highest BCUT2D eigenvalue weighted by molar-refractivity contribution is 6.04. The molecule has 0 saturated heterocycles. The molecule has 1 N–H and O–H groups in total. The van der Waals surface area contributed by atoms with Crippen molar-refractivity contribution in [2.45, 2.75) is 13.3 Å². The lowest BCUT2D eigenvalue weighted by Gasteiger charge is -2.19. The zero-order valence-electron chi connectivity index (χ0n) is 14.1. The molecule has 1 aliphatic heterocycles. The normalized spacial score (nSPS) is 12.8. The quantitative estimate of drug-likeness (QED) is 0.777. The van der Waals surface area contributed by atoms with E-state index in [1.807, 2.05) is 49.5 Å². The van der Waals surface area contributed by atoms with E-state index in [0.29, 0.717) is 5.56 Å². The fraction of sp³-hybridized carbons (Fsp3) is 0.143. The SMILES string of the molecule is Cc1ccc(NC(=O)c2cncc(N3CCc4ccccc43)c2)cc1. The second-order valence-electron chi connectivity index (χ2n) is 6.28. The van der Waals surface area contributed by atoms with Crippen molar-refractivity contribution in [2.24, 2.45) is 0 Å². The fourth-order valence-electron chi connectivity index (χ4n) is 3.15. The number of para-hydroxylation sites is 1. The van der Waals surface area contributed by atoms with Gasteiger partial charge in [0.2, 0.25) is 0 Å². The lowest BCUT2D eigenvalue weighted by Crippen LogP contribution is -2.16. The van der Waals surface area contributed by atoms with Crippen LogP contribution in [-0.2, 0) is 6.42 Å². The molecule has 0 fully saturated rings. The monoisotopic (exact) mass is 329 g/mol. The van der Waals surface area contributed by atoms with E-state index < -0.39 is 0 Å². The van der Waals surface area contributed by atoms with E-state index >= 15 is 0 Å². The molecule has 124 valence electrons. The van der Waals surface area contributed by atoms with Crippen LogP contribution in [0.1, 0.15) is 21.5 Å². The summed E-state index contributed by atoms with van der Waals surface area (Å²) in [6.45, 7) is 2.93. The largest absolute Gasteiger partial charge is 0.340 e. The maximum absolute atomic E-state index is 12.5. The first-order chi connectivity index (χ1) is 12.2. The van der Waals surface area contributed by atoms with Crippen LogP contribution in [0.5, 0.6) is 0 Å². The number of nitrogens with zero attached hydrogens (tertiary/aromatic N) is 2. The maximum Gasteiger partial charge on any atom is 0.257 e. The number of carbonyl (C=O) groups is 1. The van der Waals surface area contributed by atoms with Crippen LogP contribution in [0, 0.1) is 6.92 Å². The number of anilines is 3. The number of rotatable bonds is 3. The van der Waals surface area contributed by atoms with Crippen molar-refractivity contribution in [1.82, 2.24) is 4.98 Å². The third-order valence-corrected chi connectivity index (χ3v) is 4.49. The zero-order valence-corrected chi connectivity index (χ0v) is 14.1. The molecule has 0 bridgehead atoms. The minimum Gasteiger partial charge on any atom is -0.340 e. The third kappa shape index (κ3) is 3.11. The molecule has 0 radical (unpaired) electrons. The molecular formula is C21H19N3O. The molecule has 2 heterocycles. The molecule has 0 spiro atoms. The molecule has 1 aromatic heterocycles. The summed E-state index contributed by atoms with van der Waals surface area (Å²) in [5.41, 5.74) is 5.98. The van der Waals surface area contributed by atoms with Crippen molar-refractivity contribution in [2.75, 3.05) is 16.8 Å². The molecular weight excluding hydrogens is 310 g/mol. The van der Waals surface area contributed by atoms with E-state index in [-0.39, 0.29) is 5.91 Å². The summed E-state index contributed by atoms with van der Waals surface area (Å²) in [7, 11) is 0. The first-order valence-electron chi connectivity index (χ1n) is 8.39. The van der Waals surface area contributed by atoms with Crippen molar-refractivity contribution in [3.8, 4) is 0 Å². The van der Waals surface area contributed by atoms with Crippen LogP contribution >= 0.6 is 0 Å². The second kappa shape index (κ2) is 6.40. The van der Waals surface area contributed by atoms with Gasteiger partial charge >= 0.3 is 0 Å². The van der Waals surface area contributed by atoms with Gasteiger partial charge in [0.15, 0.2) is 0 Å². The molecule has 4 nitrogen and oxygen atoms in total. The molecule has 4 heteroatoms. The number of pyridine rings is 1. The lowest BCUT2D eigenvalue weighted by atomic mass is 10.2. The summed E-state index contributed by atoms with van der Waals surface area (Å²) in [6.07, 6.45) is 4.43. The Labute approximate surface area is 147 Å². The zero-order chi connectivity index (χ0) is 17.2. The summed E-state index contributed by atoms with van der Waals surface area (Å²) >= 11 is 0. The van der Waals surface area contributed by atoms with Gasteiger partial charge in [-0.25, -0.2) is 0 Å². The molecule has 0 aliphatic carbocycles. The van der Waals surface area contributed by atoms with E-state index in [0.717, 1.165) is 29.9 Å². The van der Waals surface area contributed by atoms with Gasteiger partial charge in [0, 0.05) is 24.1 Å². The predicted molar refractivity (Wildman–Crippen MR) is 101 cm³/mol. The number of nitrogens with one attached hydrogen (secondary N) is 1. The molecule has 2 aromatic carbocycles. The average Bonchev–Trinajstić information content (AvgIpc) is 3.08. The molecule has 25 heavy (non-hydrogen) atoms. The number of hydrogen-bond acceptors (Lipinski definition) is 3. The summed E-state index contributed by atoms with van der Waals surface area (Å²) in [6, 6.07) is 18.0. The Bertz CT molecular complexity index is 918. The van der Waals surface area contributed by atoms with E-state index in [4.69, 9.17) is 0 Å². The number of aryl methyl sites for hydroxylation is 1. The van der Waals surface area contributed by atoms with Gasteiger partial charge < -0.3 is 10.2 Å². The first-order valence-corrected chi connectivity index (χ1v) is 8.39. The minimum atomic E-state index is -0.148. The second-order valence-corrected chi connectivity index (χ2v) is 6.28. The Morgan fingerprint density at radius 1 is 1.08 bits per heavy atom. The lowest BCUT2D eigenvalue weighted by molar-refractivity contribution is 0.102. The van der Waals surface area contributed by atoms with Gasteiger partial charge in [-0.05, 0) is 43.2 Å². The van der Waals surface area contributed by atoms with Gasteiger partial charge in [-0.1, -0.05) is 35.9 Å². The molecule has 0 unspecified atom stereocenters. The Hall–Kier alpha value is -3.14. The van der Waals surface area contributed by atoms with Gasteiger partial charge in [0.25, 0.3) is 5.91 Å². The van der Waals surface area contributed by atoms with Crippen LogP contribution in [0.3, 0.4) is 0 Å².